The molecule has 0 unspecified atom stereocenters. The zero-order valence-electron chi connectivity index (χ0n) is 8.67. The highest BCUT2D eigenvalue weighted by molar-refractivity contribution is 7.99. The zero-order chi connectivity index (χ0) is 12.3. The second-order valence-electron chi connectivity index (χ2n) is 3.22. The van der Waals surface area contributed by atoms with Gasteiger partial charge in [-0.25, -0.2) is 9.37 Å². The fourth-order valence-corrected chi connectivity index (χ4v) is 2.03. The average Bonchev–Trinajstić information content (AvgIpc) is 2.74. The molecule has 1 aromatic carbocycles. The van der Waals surface area contributed by atoms with Gasteiger partial charge in [-0.05, 0) is 18.2 Å². The van der Waals surface area contributed by atoms with Gasteiger partial charge in [-0.2, -0.15) is 0 Å². The highest BCUT2D eigenvalue weighted by Crippen LogP contribution is 2.20. The van der Waals surface area contributed by atoms with Crippen LogP contribution in [0.15, 0.2) is 41.8 Å². The lowest BCUT2D eigenvalue weighted by Gasteiger charge is -2.07. The van der Waals surface area contributed by atoms with E-state index in [1.54, 1.807) is 22.9 Å². The molecule has 2 aromatic rings. The molecule has 0 fully saturated rings. The van der Waals surface area contributed by atoms with E-state index in [1.165, 1.54) is 18.3 Å². The number of thioether (sulfide) groups is 1. The lowest BCUT2D eigenvalue weighted by molar-refractivity contribution is -0.301. The summed E-state index contributed by atoms with van der Waals surface area (Å²) in [7, 11) is 0. The van der Waals surface area contributed by atoms with E-state index in [4.69, 9.17) is 0 Å². The Labute approximate surface area is 101 Å². The first-order valence-electron chi connectivity index (χ1n) is 4.79. The molecule has 0 bridgehead atoms. The van der Waals surface area contributed by atoms with Crippen molar-refractivity contribution in [1.29, 1.82) is 0 Å². The maximum Gasteiger partial charge on any atom is 0.172 e. The largest absolute Gasteiger partial charge is 0.549 e. The van der Waals surface area contributed by atoms with E-state index in [0.29, 0.717) is 10.8 Å². The van der Waals surface area contributed by atoms with Crippen LogP contribution in [0, 0.1) is 5.82 Å². The molecule has 1 heterocycles. The van der Waals surface area contributed by atoms with Crippen LogP contribution < -0.4 is 5.11 Å². The predicted molar refractivity (Wildman–Crippen MR) is 59.3 cm³/mol. The van der Waals surface area contributed by atoms with Crippen molar-refractivity contribution in [2.24, 2.45) is 0 Å². The van der Waals surface area contributed by atoms with Gasteiger partial charge in [0.2, 0.25) is 0 Å². The Kier molecular flexibility index (Phi) is 3.43. The van der Waals surface area contributed by atoms with Gasteiger partial charge in [-0.1, -0.05) is 17.8 Å². The second kappa shape index (κ2) is 5.01. The molecular weight excluding hydrogens is 243 g/mol. The molecule has 0 spiro atoms. The minimum Gasteiger partial charge on any atom is -0.549 e. The maximum atomic E-state index is 13.1. The molecule has 0 aliphatic rings. The Balaban J connectivity index is 2.27. The van der Waals surface area contributed by atoms with Crippen molar-refractivity contribution >= 4 is 17.7 Å². The summed E-state index contributed by atoms with van der Waals surface area (Å²) in [6.45, 7) is 0. The summed E-state index contributed by atoms with van der Waals surface area (Å²) in [5.41, 5.74) is 0.600. The number of hydrogen-bond donors (Lipinski definition) is 0. The monoisotopic (exact) mass is 251 g/mol. The number of halogens is 1. The molecule has 0 saturated heterocycles. The van der Waals surface area contributed by atoms with Crippen molar-refractivity contribution in [2.45, 2.75) is 5.16 Å². The SMILES string of the molecule is O=C([O-])CSc1nccn1-c1cccc(F)c1. The van der Waals surface area contributed by atoms with Gasteiger partial charge in [-0.3, -0.25) is 4.57 Å². The summed E-state index contributed by atoms with van der Waals surface area (Å²) in [5, 5.41) is 10.9. The van der Waals surface area contributed by atoms with E-state index in [1.807, 2.05) is 0 Å². The number of rotatable bonds is 4. The summed E-state index contributed by atoms with van der Waals surface area (Å²) < 4.78 is 14.7. The van der Waals surface area contributed by atoms with Gasteiger partial charge in [0.05, 0.1) is 11.7 Å². The number of carbonyl (C=O) groups excluding carboxylic acids is 1. The third kappa shape index (κ3) is 2.85. The van der Waals surface area contributed by atoms with Crippen LogP contribution in [0.4, 0.5) is 4.39 Å². The molecular formula is C11H8FN2O2S-. The highest BCUT2D eigenvalue weighted by atomic mass is 32.2. The molecule has 4 nitrogen and oxygen atoms in total. The standard InChI is InChI=1S/C11H9FN2O2S/c12-8-2-1-3-9(6-8)14-5-4-13-11(14)17-7-10(15)16/h1-6H,7H2,(H,15,16)/p-1. The molecule has 1 aromatic heterocycles. The number of imidazole rings is 1. The topological polar surface area (TPSA) is 57.9 Å². The van der Waals surface area contributed by atoms with E-state index in [2.05, 4.69) is 4.98 Å². The molecule has 0 atom stereocenters. The number of carboxylic acid groups (broad SMARTS) is 1. The molecule has 6 heteroatoms. The molecule has 0 aliphatic carbocycles. The normalized spacial score (nSPS) is 10.4. The van der Waals surface area contributed by atoms with Crippen LogP contribution in [0.5, 0.6) is 0 Å². The van der Waals surface area contributed by atoms with Gasteiger partial charge < -0.3 is 9.90 Å². The maximum absolute atomic E-state index is 13.1. The fraction of sp³-hybridized carbons (Fsp3) is 0.0909. The Morgan fingerprint density at radius 3 is 3.06 bits per heavy atom. The number of aliphatic carboxylic acids is 1. The Hall–Kier alpha value is -1.82. The first kappa shape index (κ1) is 11.7. The number of benzene rings is 1. The van der Waals surface area contributed by atoms with Gasteiger partial charge in [0.15, 0.2) is 5.16 Å². The minimum absolute atomic E-state index is 0.188. The van der Waals surface area contributed by atoms with Crippen molar-refractivity contribution in [1.82, 2.24) is 9.55 Å². The molecule has 2 rings (SSSR count). The van der Waals surface area contributed by atoms with Crippen LogP contribution in [0.1, 0.15) is 0 Å². The Bertz CT molecular complexity index is 542. The predicted octanol–water partition coefficient (Wildman–Crippen LogP) is 0.853. The molecule has 0 aliphatic heterocycles. The molecule has 0 amide bonds. The first-order valence-corrected chi connectivity index (χ1v) is 5.77. The summed E-state index contributed by atoms with van der Waals surface area (Å²) in [6.07, 6.45) is 3.18. The number of aromatic nitrogens is 2. The molecule has 88 valence electrons. The van der Waals surface area contributed by atoms with E-state index >= 15 is 0 Å². The van der Waals surface area contributed by atoms with Crippen molar-refractivity contribution in [2.75, 3.05) is 5.75 Å². The van der Waals surface area contributed by atoms with Gasteiger partial charge in [0, 0.05) is 18.1 Å². The van der Waals surface area contributed by atoms with Crippen molar-refractivity contribution in [3.05, 3.63) is 42.5 Å². The van der Waals surface area contributed by atoms with E-state index in [9.17, 15) is 14.3 Å². The van der Waals surface area contributed by atoms with E-state index < -0.39 is 5.97 Å². The van der Waals surface area contributed by atoms with Crippen LogP contribution in [-0.4, -0.2) is 21.3 Å². The zero-order valence-corrected chi connectivity index (χ0v) is 9.48. The van der Waals surface area contributed by atoms with E-state index in [0.717, 1.165) is 11.8 Å². The van der Waals surface area contributed by atoms with Gasteiger partial charge in [0.25, 0.3) is 0 Å². The number of carbonyl (C=O) groups is 1. The number of carboxylic acids is 1. The van der Waals surface area contributed by atoms with E-state index in [-0.39, 0.29) is 11.6 Å². The van der Waals surface area contributed by atoms with Crippen LogP contribution in [0.25, 0.3) is 5.69 Å². The number of nitrogens with zero attached hydrogens (tertiary/aromatic N) is 2. The van der Waals surface area contributed by atoms with Gasteiger partial charge in [-0.15, -0.1) is 0 Å². The minimum atomic E-state index is -1.16. The molecule has 0 saturated carbocycles. The lowest BCUT2D eigenvalue weighted by Crippen LogP contribution is -2.24. The third-order valence-corrected chi connectivity index (χ3v) is 2.95. The summed E-state index contributed by atoms with van der Waals surface area (Å²) in [6, 6.07) is 5.99. The van der Waals surface area contributed by atoms with Crippen molar-refractivity contribution in [3.63, 3.8) is 0 Å². The second-order valence-corrected chi connectivity index (χ2v) is 4.16. The van der Waals surface area contributed by atoms with Crippen LogP contribution in [0.2, 0.25) is 0 Å². The highest BCUT2D eigenvalue weighted by Gasteiger charge is 2.06. The summed E-state index contributed by atoms with van der Waals surface area (Å²) >= 11 is 1.03. The quantitative estimate of drug-likeness (QED) is 0.756. The van der Waals surface area contributed by atoms with Crippen LogP contribution >= 0.6 is 11.8 Å². The van der Waals surface area contributed by atoms with Crippen molar-refractivity contribution < 1.29 is 14.3 Å². The summed E-state index contributed by atoms with van der Waals surface area (Å²) in [5.74, 6) is -1.71. The molecule has 0 N–H and O–H groups in total. The average molecular weight is 251 g/mol. The van der Waals surface area contributed by atoms with Crippen molar-refractivity contribution in [3.8, 4) is 5.69 Å². The lowest BCUT2D eigenvalue weighted by atomic mass is 10.3. The number of hydrogen-bond acceptors (Lipinski definition) is 4. The molecule has 0 radical (unpaired) electrons. The fourth-order valence-electron chi connectivity index (χ4n) is 1.34. The molecule has 17 heavy (non-hydrogen) atoms. The van der Waals surface area contributed by atoms with Crippen LogP contribution in [-0.2, 0) is 4.79 Å². The van der Waals surface area contributed by atoms with Gasteiger partial charge in [0.1, 0.15) is 5.82 Å². The summed E-state index contributed by atoms with van der Waals surface area (Å²) in [4.78, 5) is 14.4. The Morgan fingerprint density at radius 1 is 1.53 bits per heavy atom. The van der Waals surface area contributed by atoms with Gasteiger partial charge >= 0.3 is 0 Å². The smallest absolute Gasteiger partial charge is 0.172 e. The first-order chi connectivity index (χ1) is 8.16. The van der Waals surface area contributed by atoms with Crippen LogP contribution in [0.3, 0.4) is 0 Å². The third-order valence-electron chi connectivity index (χ3n) is 2.01. The Morgan fingerprint density at radius 2 is 2.35 bits per heavy atom.